The lowest BCUT2D eigenvalue weighted by Crippen LogP contribution is -2.03. The van der Waals surface area contributed by atoms with Crippen LogP contribution in [0.25, 0.3) is 5.69 Å². The highest BCUT2D eigenvalue weighted by molar-refractivity contribution is 9.10. The number of rotatable bonds is 3. The van der Waals surface area contributed by atoms with Crippen LogP contribution < -0.4 is 5.36 Å². The molecule has 23 heavy (non-hydrogen) atoms. The first-order valence-electron chi connectivity index (χ1n) is 6.98. The molecule has 0 saturated heterocycles. The molecule has 0 aliphatic heterocycles. The summed E-state index contributed by atoms with van der Waals surface area (Å²) < 4.78 is 3.04. The van der Waals surface area contributed by atoms with E-state index in [1.165, 1.54) is 0 Å². The third-order valence-electron chi connectivity index (χ3n) is 3.19. The van der Waals surface area contributed by atoms with Gasteiger partial charge >= 0.3 is 0 Å². The van der Waals surface area contributed by atoms with Crippen LogP contribution in [-0.2, 0) is 0 Å². The van der Waals surface area contributed by atoms with Gasteiger partial charge in [-0.15, -0.1) is 0 Å². The molecule has 0 fully saturated rings. The maximum atomic E-state index is 5.90. The van der Waals surface area contributed by atoms with Gasteiger partial charge in [-0.05, 0) is 54.1 Å². The Hall–Kier alpha value is -2.17. The van der Waals surface area contributed by atoms with Gasteiger partial charge in [0.2, 0.25) is 0 Å². The third kappa shape index (κ3) is 4.41. The molecule has 0 bridgehead atoms. The number of pyridine rings is 1. The number of halogens is 2. The van der Waals surface area contributed by atoms with Gasteiger partial charge in [0.05, 0.1) is 11.6 Å². The predicted molar refractivity (Wildman–Crippen MR) is 98.1 cm³/mol. The average Bonchev–Trinajstić information content (AvgIpc) is 2.58. The minimum Gasteiger partial charge on any atom is -0.324 e. The Labute approximate surface area is 147 Å². The van der Waals surface area contributed by atoms with Crippen LogP contribution >= 0.6 is 27.5 Å². The lowest BCUT2D eigenvalue weighted by molar-refractivity contribution is 1.02. The predicted octanol–water partition coefficient (Wildman–Crippen LogP) is 4.83. The highest BCUT2D eigenvalue weighted by atomic mass is 79.9. The SMILES string of the molecule is Clc1ccc(-n2ccc(=NN=Cc3ccc(Br)cc3)cc2)cc1. The van der Waals surface area contributed by atoms with Gasteiger partial charge in [0.15, 0.2) is 0 Å². The van der Waals surface area contributed by atoms with Crippen molar-refractivity contribution in [1.82, 2.24) is 4.57 Å². The summed E-state index contributed by atoms with van der Waals surface area (Å²) in [4.78, 5) is 0. The molecule has 0 aliphatic carbocycles. The Morgan fingerprint density at radius 3 is 2.17 bits per heavy atom. The van der Waals surface area contributed by atoms with Crippen molar-refractivity contribution in [3.63, 3.8) is 0 Å². The van der Waals surface area contributed by atoms with Gasteiger partial charge in [0.25, 0.3) is 0 Å². The van der Waals surface area contributed by atoms with Crippen molar-refractivity contribution in [2.45, 2.75) is 0 Å². The van der Waals surface area contributed by atoms with Gasteiger partial charge in [-0.25, -0.2) is 0 Å². The largest absolute Gasteiger partial charge is 0.324 e. The van der Waals surface area contributed by atoms with E-state index >= 15 is 0 Å². The van der Waals surface area contributed by atoms with Crippen molar-refractivity contribution in [1.29, 1.82) is 0 Å². The van der Waals surface area contributed by atoms with Crippen LogP contribution in [0, 0.1) is 0 Å². The summed E-state index contributed by atoms with van der Waals surface area (Å²) in [5.41, 5.74) is 2.04. The average molecular weight is 387 g/mol. The Morgan fingerprint density at radius 1 is 0.870 bits per heavy atom. The number of hydrogen-bond donors (Lipinski definition) is 0. The lowest BCUT2D eigenvalue weighted by Gasteiger charge is -2.05. The van der Waals surface area contributed by atoms with E-state index in [0.717, 1.165) is 26.1 Å². The number of hydrogen-bond acceptors (Lipinski definition) is 2. The molecule has 3 rings (SSSR count). The summed E-state index contributed by atoms with van der Waals surface area (Å²) in [5.74, 6) is 0. The Bertz CT molecular complexity index is 861. The fraction of sp³-hybridized carbons (Fsp3) is 0. The molecule has 0 amide bonds. The molecule has 2 aromatic carbocycles. The van der Waals surface area contributed by atoms with Crippen LogP contribution in [0.4, 0.5) is 0 Å². The smallest absolute Gasteiger partial charge is 0.0886 e. The first kappa shape index (κ1) is 15.7. The molecule has 0 atom stereocenters. The van der Waals surface area contributed by atoms with E-state index < -0.39 is 0 Å². The number of benzene rings is 2. The van der Waals surface area contributed by atoms with Gasteiger partial charge in [0.1, 0.15) is 0 Å². The van der Waals surface area contributed by atoms with E-state index in [9.17, 15) is 0 Å². The van der Waals surface area contributed by atoms with Gasteiger partial charge in [-0.3, -0.25) is 0 Å². The fourth-order valence-corrected chi connectivity index (χ4v) is 2.37. The third-order valence-corrected chi connectivity index (χ3v) is 3.97. The molecular weight excluding hydrogens is 374 g/mol. The lowest BCUT2D eigenvalue weighted by atomic mass is 10.2. The maximum Gasteiger partial charge on any atom is 0.0886 e. The van der Waals surface area contributed by atoms with E-state index in [-0.39, 0.29) is 0 Å². The Morgan fingerprint density at radius 2 is 1.52 bits per heavy atom. The quantitative estimate of drug-likeness (QED) is 0.456. The van der Waals surface area contributed by atoms with E-state index in [2.05, 4.69) is 26.1 Å². The monoisotopic (exact) mass is 385 g/mol. The van der Waals surface area contributed by atoms with E-state index in [1.807, 2.05) is 77.6 Å². The van der Waals surface area contributed by atoms with Crippen molar-refractivity contribution in [3.05, 3.63) is 93.5 Å². The second-order valence-corrected chi connectivity index (χ2v) is 6.19. The topological polar surface area (TPSA) is 29.6 Å². The van der Waals surface area contributed by atoms with E-state index in [1.54, 1.807) is 6.21 Å². The second kappa shape index (κ2) is 7.40. The van der Waals surface area contributed by atoms with Crippen molar-refractivity contribution in [2.24, 2.45) is 10.2 Å². The second-order valence-electron chi connectivity index (χ2n) is 4.84. The minimum atomic E-state index is 0.725. The van der Waals surface area contributed by atoms with E-state index in [4.69, 9.17) is 11.6 Å². The Kier molecular flexibility index (Phi) is 5.05. The summed E-state index contributed by atoms with van der Waals surface area (Å²) in [6.45, 7) is 0. The summed E-state index contributed by atoms with van der Waals surface area (Å²) in [5, 5.41) is 9.83. The highest BCUT2D eigenvalue weighted by Gasteiger charge is 1.93. The molecule has 0 N–H and O–H groups in total. The molecule has 1 heterocycles. The molecule has 0 spiro atoms. The molecule has 0 unspecified atom stereocenters. The van der Waals surface area contributed by atoms with E-state index in [0.29, 0.717) is 0 Å². The van der Waals surface area contributed by atoms with Gasteiger partial charge in [0, 0.05) is 27.6 Å². The highest BCUT2D eigenvalue weighted by Crippen LogP contribution is 2.12. The molecule has 114 valence electrons. The molecule has 3 aromatic rings. The zero-order valence-corrected chi connectivity index (χ0v) is 14.4. The maximum absolute atomic E-state index is 5.90. The summed E-state index contributed by atoms with van der Waals surface area (Å²) >= 11 is 9.30. The van der Waals surface area contributed by atoms with Crippen molar-refractivity contribution < 1.29 is 0 Å². The van der Waals surface area contributed by atoms with Crippen LogP contribution in [0.15, 0.2) is 87.7 Å². The molecule has 0 saturated carbocycles. The zero-order chi connectivity index (χ0) is 16.1. The number of nitrogens with zero attached hydrogens (tertiary/aromatic N) is 3. The normalized spacial score (nSPS) is 10.9. The number of aromatic nitrogens is 1. The molecular formula is C18H13BrClN3. The minimum absolute atomic E-state index is 0.725. The summed E-state index contributed by atoms with van der Waals surface area (Å²) in [7, 11) is 0. The standard InChI is InChI=1S/C18H13BrClN3/c19-15-3-1-14(2-4-15)13-21-22-17-9-11-23(12-10-17)18-7-5-16(20)6-8-18/h1-13H. The van der Waals surface area contributed by atoms with Crippen LogP contribution in [-0.4, -0.2) is 10.8 Å². The molecule has 0 radical (unpaired) electrons. The van der Waals surface area contributed by atoms with Crippen LogP contribution in [0.5, 0.6) is 0 Å². The van der Waals surface area contributed by atoms with Crippen LogP contribution in [0.3, 0.4) is 0 Å². The molecule has 1 aromatic heterocycles. The fourth-order valence-electron chi connectivity index (χ4n) is 1.98. The van der Waals surface area contributed by atoms with Crippen LogP contribution in [0.1, 0.15) is 5.56 Å². The Balaban J connectivity index is 1.76. The zero-order valence-electron chi connectivity index (χ0n) is 12.1. The van der Waals surface area contributed by atoms with Gasteiger partial charge in [-0.1, -0.05) is 39.7 Å². The van der Waals surface area contributed by atoms with Crippen molar-refractivity contribution in [2.75, 3.05) is 0 Å². The van der Waals surface area contributed by atoms with Crippen molar-refractivity contribution >= 4 is 33.7 Å². The molecule has 0 aliphatic rings. The first-order chi connectivity index (χ1) is 11.2. The molecule has 3 nitrogen and oxygen atoms in total. The van der Waals surface area contributed by atoms with Gasteiger partial charge in [-0.2, -0.15) is 10.2 Å². The molecule has 5 heteroatoms. The first-order valence-corrected chi connectivity index (χ1v) is 8.15. The summed E-state index contributed by atoms with van der Waals surface area (Å²) in [6, 6.07) is 19.4. The van der Waals surface area contributed by atoms with Crippen LogP contribution in [0.2, 0.25) is 5.02 Å². The summed E-state index contributed by atoms with van der Waals surface area (Å²) in [6.07, 6.45) is 5.61. The van der Waals surface area contributed by atoms with Gasteiger partial charge < -0.3 is 4.57 Å². The van der Waals surface area contributed by atoms with Crippen molar-refractivity contribution in [3.8, 4) is 5.69 Å².